The van der Waals surface area contributed by atoms with Gasteiger partial charge in [0.15, 0.2) is 6.10 Å². The molecule has 0 heterocycles. The Morgan fingerprint density at radius 3 is 0.623 bits per heavy atom. The number of esters is 3. The van der Waals surface area contributed by atoms with Crippen LogP contribution in [0.2, 0.25) is 0 Å². The van der Waals surface area contributed by atoms with Gasteiger partial charge in [0, 0.05) is 19.3 Å². The maximum absolute atomic E-state index is 12.9. The quantitative estimate of drug-likeness (QED) is 0.0343. The molecule has 69 heavy (non-hydrogen) atoms. The number of carbonyl (C=O) groups excluding carboxylic acids is 3. The van der Waals surface area contributed by atoms with Gasteiger partial charge in [-0.2, -0.15) is 0 Å². The van der Waals surface area contributed by atoms with E-state index in [1.165, 1.54) is 231 Å². The fraction of sp³-hybridized carbons (Fsp3) is 0.952. The first kappa shape index (κ1) is 67.4. The Bertz CT molecular complexity index is 1070. The van der Waals surface area contributed by atoms with Crippen molar-refractivity contribution in [1.29, 1.82) is 0 Å². The van der Waals surface area contributed by atoms with Crippen LogP contribution in [-0.2, 0) is 28.6 Å². The third-order valence-corrected chi connectivity index (χ3v) is 14.4. The van der Waals surface area contributed by atoms with Gasteiger partial charge in [0.2, 0.25) is 0 Å². The average Bonchev–Trinajstić information content (AvgIpc) is 3.31. The Labute approximate surface area is 431 Å². The van der Waals surface area contributed by atoms with E-state index in [-0.39, 0.29) is 31.1 Å². The predicted octanol–water partition coefficient (Wildman–Crippen LogP) is 20.7. The Balaban J connectivity index is 4.22. The highest BCUT2D eigenvalue weighted by atomic mass is 16.6. The summed E-state index contributed by atoms with van der Waals surface area (Å²) in [5.74, 6) is 1.67. The van der Waals surface area contributed by atoms with Gasteiger partial charge in [0.05, 0.1) is 0 Å². The zero-order chi connectivity index (χ0) is 50.5. The Morgan fingerprint density at radius 2 is 0.420 bits per heavy atom. The second-order valence-corrected chi connectivity index (χ2v) is 23.1. The van der Waals surface area contributed by atoms with E-state index in [2.05, 4.69) is 41.5 Å². The van der Waals surface area contributed by atoms with Crippen molar-refractivity contribution in [2.75, 3.05) is 13.2 Å². The van der Waals surface area contributed by atoms with E-state index >= 15 is 0 Å². The standard InChI is InChI=1S/C63H122O6/c1-57(2)49-43-37-31-25-21-17-13-9-7-8-10-15-19-23-27-34-40-46-52-61(64)67-55-60(56-68-62(65)53-47-41-35-30-29-33-39-45-51-59(5)6)69-63(66)54-48-42-36-28-24-20-16-12-11-14-18-22-26-32-38-44-50-58(3)4/h57-60H,7-56H2,1-6H3/t60-/m1/s1. The lowest BCUT2D eigenvalue weighted by Crippen LogP contribution is -2.30. The van der Waals surface area contributed by atoms with Gasteiger partial charge in [-0.1, -0.05) is 311 Å². The zero-order valence-electron chi connectivity index (χ0n) is 47.6. The van der Waals surface area contributed by atoms with Gasteiger partial charge >= 0.3 is 17.9 Å². The van der Waals surface area contributed by atoms with E-state index in [1.807, 2.05) is 0 Å². The summed E-state index contributed by atoms with van der Waals surface area (Å²) >= 11 is 0. The number of carbonyl (C=O) groups is 3. The number of ether oxygens (including phenoxy) is 3. The van der Waals surface area contributed by atoms with E-state index < -0.39 is 6.10 Å². The first-order chi connectivity index (χ1) is 33.6. The first-order valence-electron chi connectivity index (χ1n) is 31.1. The number of rotatable bonds is 56. The van der Waals surface area contributed by atoms with E-state index in [9.17, 15) is 14.4 Å². The van der Waals surface area contributed by atoms with Crippen LogP contribution in [0, 0.1) is 17.8 Å². The molecule has 0 aromatic rings. The Morgan fingerprint density at radius 1 is 0.246 bits per heavy atom. The molecule has 0 unspecified atom stereocenters. The van der Waals surface area contributed by atoms with Gasteiger partial charge < -0.3 is 14.2 Å². The average molecular weight is 976 g/mol. The monoisotopic (exact) mass is 975 g/mol. The minimum absolute atomic E-state index is 0.0632. The summed E-state index contributed by atoms with van der Waals surface area (Å²) in [6.45, 7) is 13.8. The fourth-order valence-electron chi connectivity index (χ4n) is 9.71. The Kier molecular flexibility index (Phi) is 52.9. The summed E-state index contributed by atoms with van der Waals surface area (Å²) < 4.78 is 16.9. The van der Waals surface area contributed by atoms with Crippen LogP contribution in [0.3, 0.4) is 0 Å². The molecule has 0 aliphatic heterocycles. The molecule has 0 fully saturated rings. The van der Waals surface area contributed by atoms with Crippen molar-refractivity contribution in [1.82, 2.24) is 0 Å². The molecule has 0 aromatic heterocycles. The predicted molar refractivity (Wildman–Crippen MR) is 298 cm³/mol. The van der Waals surface area contributed by atoms with Crippen LogP contribution < -0.4 is 0 Å². The third kappa shape index (κ3) is 57.2. The van der Waals surface area contributed by atoms with E-state index in [0.717, 1.165) is 75.5 Å². The maximum Gasteiger partial charge on any atom is 0.306 e. The van der Waals surface area contributed by atoms with Crippen molar-refractivity contribution in [2.45, 2.75) is 356 Å². The molecule has 0 aromatic carbocycles. The molecule has 0 saturated carbocycles. The molecule has 0 rings (SSSR count). The van der Waals surface area contributed by atoms with Crippen LogP contribution in [0.5, 0.6) is 0 Å². The van der Waals surface area contributed by atoms with E-state index in [4.69, 9.17) is 14.2 Å². The van der Waals surface area contributed by atoms with Crippen molar-refractivity contribution in [3.05, 3.63) is 0 Å². The van der Waals surface area contributed by atoms with E-state index in [1.54, 1.807) is 0 Å². The summed E-state index contributed by atoms with van der Waals surface area (Å²) in [7, 11) is 0. The van der Waals surface area contributed by atoms with Gasteiger partial charge in [0.25, 0.3) is 0 Å². The molecule has 0 spiro atoms. The molecular weight excluding hydrogens is 853 g/mol. The number of hydrogen-bond donors (Lipinski definition) is 0. The fourth-order valence-corrected chi connectivity index (χ4v) is 9.71. The molecular formula is C63H122O6. The lowest BCUT2D eigenvalue weighted by molar-refractivity contribution is -0.167. The second kappa shape index (κ2) is 54.2. The highest BCUT2D eigenvalue weighted by Gasteiger charge is 2.19. The molecule has 1 atom stereocenters. The topological polar surface area (TPSA) is 78.9 Å². The molecule has 0 radical (unpaired) electrons. The normalized spacial score (nSPS) is 12.1. The largest absolute Gasteiger partial charge is 0.462 e. The first-order valence-corrected chi connectivity index (χ1v) is 31.1. The molecule has 6 nitrogen and oxygen atoms in total. The highest BCUT2D eigenvalue weighted by Crippen LogP contribution is 2.19. The lowest BCUT2D eigenvalue weighted by Gasteiger charge is -2.18. The van der Waals surface area contributed by atoms with Crippen LogP contribution >= 0.6 is 0 Å². The molecule has 0 aliphatic carbocycles. The lowest BCUT2D eigenvalue weighted by atomic mass is 10.0. The molecule has 410 valence electrons. The smallest absolute Gasteiger partial charge is 0.306 e. The number of hydrogen-bond acceptors (Lipinski definition) is 6. The van der Waals surface area contributed by atoms with Gasteiger partial charge in [-0.3, -0.25) is 14.4 Å². The summed E-state index contributed by atoms with van der Waals surface area (Å²) in [4.78, 5) is 38.2. The van der Waals surface area contributed by atoms with Crippen LogP contribution in [0.4, 0.5) is 0 Å². The van der Waals surface area contributed by atoms with Crippen molar-refractivity contribution >= 4 is 17.9 Å². The van der Waals surface area contributed by atoms with Crippen molar-refractivity contribution < 1.29 is 28.6 Å². The second-order valence-electron chi connectivity index (χ2n) is 23.1. The summed E-state index contributed by atoms with van der Waals surface area (Å²) in [5, 5.41) is 0. The summed E-state index contributed by atoms with van der Waals surface area (Å²) in [6, 6.07) is 0. The van der Waals surface area contributed by atoms with Crippen LogP contribution in [-0.4, -0.2) is 37.2 Å². The number of unbranched alkanes of at least 4 members (excludes halogenated alkanes) is 39. The molecule has 0 saturated heterocycles. The van der Waals surface area contributed by atoms with Gasteiger partial charge in [-0.05, 0) is 37.0 Å². The highest BCUT2D eigenvalue weighted by molar-refractivity contribution is 5.71. The van der Waals surface area contributed by atoms with Crippen molar-refractivity contribution in [3.63, 3.8) is 0 Å². The van der Waals surface area contributed by atoms with Gasteiger partial charge in [-0.15, -0.1) is 0 Å². The SMILES string of the molecule is CC(C)CCCCCCCCCCCCCCCCCCCCC(=O)OC[C@H](COC(=O)CCCCCCCCCCC(C)C)OC(=O)CCCCCCCCCCCCCCCCCCC(C)C. The van der Waals surface area contributed by atoms with Gasteiger partial charge in [0.1, 0.15) is 13.2 Å². The van der Waals surface area contributed by atoms with Crippen LogP contribution in [0.1, 0.15) is 350 Å². The minimum atomic E-state index is -0.764. The molecule has 0 bridgehead atoms. The minimum Gasteiger partial charge on any atom is -0.462 e. The molecule has 0 amide bonds. The summed E-state index contributed by atoms with van der Waals surface area (Å²) in [6.07, 6.45) is 58.3. The zero-order valence-corrected chi connectivity index (χ0v) is 47.6. The van der Waals surface area contributed by atoms with Crippen LogP contribution in [0.25, 0.3) is 0 Å². The maximum atomic E-state index is 12.9. The van der Waals surface area contributed by atoms with Crippen molar-refractivity contribution in [3.8, 4) is 0 Å². The van der Waals surface area contributed by atoms with E-state index in [0.29, 0.717) is 19.3 Å². The van der Waals surface area contributed by atoms with Crippen molar-refractivity contribution in [2.24, 2.45) is 17.8 Å². The van der Waals surface area contributed by atoms with Crippen LogP contribution in [0.15, 0.2) is 0 Å². The Hall–Kier alpha value is -1.59. The third-order valence-electron chi connectivity index (χ3n) is 14.4. The molecule has 0 N–H and O–H groups in total. The summed E-state index contributed by atoms with van der Waals surface area (Å²) in [5.41, 5.74) is 0. The molecule has 0 aliphatic rings. The van der Waals surface area contributed by atoms with Gasteiger partial charge in [-0.25, -0.2) is 0 Å². The molecule has 6 heteroatoms.